The Morgan fingerprint density at radius 1 is 1.27 bits per heavy atom. The van der Waals surface area contributed by atoms with Gasteiger partial charge in [-0.25, -0.2) is 0 Å². The number of carbonyl (C=O) groups excluding carboxylic acids is 1. The first-order valence-electron chi connectivity index (χ1n) is 7.31. The molecule has 0 saturated heterocycles. The van der Waals surface area contributed by atoms with Gasteiger partial charge in [-0.15, -0.1) is 24.8 Å². The number of rotatable bonds is 5. The average molecular weight is 348 g/mol. The molecule has 1 saturated carbocycles. The lowest BCUT2D eigenvalue weighted by molar-refractivity contribution is -0.124. The topological polar surface area (TPSA) is 58.4 Å². The molecule has 1 aliphatic carbocycles. The van der Waals surface area contributed by atoms with E-state index in [0.717, 1.165) is 37.9 Å². The predicted octanol–water partition coefficient (Wildman–Crippen LogP) is 3.05. The largest absolute Gasteiger partial charge is 0.329 e. The van der Waals surface area contributed by atoms with Crippen LogP contribution in [0.25, 0.3) is 0 Å². The molecule has 1 aromatic rings. The number of carbonyl (C=O) groups is 1. The maximum atomic E-state index is 12.5. The molecule has 0 unspecified atom stereocenters. The van der Waals surface area contributed by atoms with E-state index in [-0.39, 0.29) is 36.1 Å². The Balaban J connectivity index is 0.00000220. The van der Waals surface area contributed by atoms with Gasteiger partial charge in [0.25, 0.3) is 0 Å². The summed E-state index contributed by atoms with van der Waals surface area (Å²) in [5.41, 5.74) is 7.57. The zero-order valence-corrected chi connectivity index (χ0v) is 14.9. The van der Waals surface area contributed by atoms with Crippen molar-refractivity contribution in [2.24, 2.45) is 11.1 Å². The van der Waals surface area contributed by atoms with Crippen molar-refractivity contribution in [2.75, 3.05) is 26.0 Å². The third-order valence-electron chi connectivity index (χ3n) is 4.12. The summed E-state index contributed by atoms with van der Waals surface area (Å²) in [5.74, 6) is 0.0829. The summed E-state index contributed by atoms with van der Waals surface area (Å²) in [5, 5.41) is 3.05. The molecule has 22 heavy (non-hydrogen) atoms. The number of nitrogens with two attached hydrogens (primary N) is 1. The maximum absolute atomic E-state index is 12.5. The van der Waals surface area contributed by atoms with Crippen LogP contribution in [0.4, 0.5) is 5.69 Å². The summed E-state index contributed by atoms with van der Waals surface area (Å²) in [6.45, 7) is 1.31. The summed E-state index contributed by atoms with van der Waals surface area (Å²) in [4.78, 5) is 14.6. The number of hydrogen-bond donors (Lipinski definition) is 2. The van der Waals surface area contributed by atoms with Gasteiger partial charge in [-0.05, 0) is 44.6 Å². The van der Waals surface area contributed by atoms with Crippen LogP contribution in [0.15, 0.2) is 24.3 Å². The third-order valence-corrected chi connectivity index (χ3v) is 4.12. The van der Waals surface area contributed by atoms with Crippen molar-refractivity contribution >= 4 is 36.4 Å². The molecule has 126 valence electrons. The predicted molar refractivity (Wildman–Crippen MR) is 96.9 cm³/mol. The Labute approximate surface area is 145 Å². The van der Waals surface area contributed by atoms with Crippen molar-refractivity contribution in [1.82, 2.24) is 4.90 Å². The minimum atomic E-state index is -0.350. The van der Waals surface area contributed by atoms with Crippen LogP contribution in [0.3, 0.4) is 0 Å². The molecule has 6 heteroatoms. The second-order valence-electron chi connectivity index (χ2n) is 6.08. The highest BCUT2D eigenvalue weighted by atomic mass is 35.5. The average Bonchev–Trinajstić information content (AvgIpc) is 2.88. The highest BCUT2D eigenvalue weighted by Gasteiger charge is 2.39. The number of nitrogens with one attached hydrogen (secondary N) is 1. The summed E-state index contributed by atoms with van der Waals surface area (Å²) in [6, 6.07) is 8.04. The fourth-order valence-electron chi connectivity index (χ4n) is 2.95. The fourth-order valence-corrected chi connectivity index (χ4v) is 2.95. The Kier molecular flexibility index (Phi) is 9.01. The molecule has 1 fully saturated rings. The Bertz CT molecular complexity index is 474. The van der Waals surface area contributed by atoms with E-state index in [9.17, 15) is 4.79 Å². The molecule has 0 bridgehead atoms. The van der Waals surface area contributed by atoms with E-state index in [0.29, 0.717) is 6.54 Å². The number of amides is 1. The molecular weight excluding hydrogens is 321 g/mol. The lowest BCUT2D eigenvalue weighted by atomic mass is 9.85. The normalized spacial score (nSPS) is 15.8. The molecule has 0 aromatic heterocycles. The second-order valence-corrected chi connectivity index (χ2v) is 6.08. The molecule has 0 heterocycles. The van der Waals surface area contributed by atoms with Crippen LogP contribution < -0.4 is 11.1 Å². The van der Waals surface area contributed by atoms with Crippen LogP contribution in [0.5, 0.6) is 0 Å². The maximum Gasteiger partial charge on any atom is 0.231 e. The van der Waals surface area contributed by atoms with E-state index in [1.54, 1.807) is 0 Å². The first-order valence-corrected chi connectivity index (χ1v) is 7.31. The smallest absolute Gasteiger partial charge is 0.231 e. The Morgan fingerprint density at radius 2 is 1.91 bits per heavy atom. The number of hydrogen-bond acceptors (Lipinski definition) is 3. The van der Waals surface area contributed by atoms with Crippen LogP contribution in [-0.2, 0) is 11.3 Å². The Hall–Kier alpha value is -0.810. The van der Waals surface area contributed by atoms with Gasteiger partial charge in [0, 0.05) is 18.8 Å². The van der Waals surface area contributed by atoms with Gasteiger partial charge < -0.3 is 16.0 Å². The number of halogens is 2. The van der Waals surface area contributed by atoms with Gasteiger partial charge >= 0.3 is 0 Å². The van der Waals surface area contributed by atoms with E-state index >= 15 is 0 Å². The molecule has 0 radical (unpaired) electrons. The lowest BCUT2D eigenvalue weighted by Crippen LogP contribution is -2.40. The van der Waals surface area contributed by atoms with E-state index in [1.165, 1.54) is 5.56 Å². The molecule has 0 aliphatic heterocycles. The first-order chi connectivity index (χ1) is 9.55. The minimum Gasteiger partial charge on any atom is -0.329 e. The van der Waals surface area contributed by atoms with Crippen molar-refractivity contribution < 1.29 is 4.79 Å². The zero-order chi connectivity index (χ0) is 14.6. The molecule has 2 rings (SSSR count). The highest BCUT2D eigenvalue weighted by molar-refractivity contribution is 5.95. The van der Waals surface area contributed by atoms with Crippen LogP contribution >= 0.6 is 24.8 Å². The standard InChI is InChI=1S/C16H25N3O.2ClH/c1-19(2)11-13-6-5-7-14(10-13)18-15(20)16(12-17)8-3-4-9-16;;/h5-7,10H,3-4,8-9,11-12,17H2,1-2H3,(H,18,20);2*1H. The van der Waals surface area contributed by atoms with Gasteiger partial charge in [0.1, 0.15) is 0 Å². The van der Waals surface area contributed by atoms with Gasteiger partial charge in [0.05, 0.1) is 5.41 Å². The minimum absolute atomic E-state index is 0. The molecule has 3 N–H and O–H groups in total. The van der Waals surface area contributed by atoms with Crippen LogP contribution in [0.2, 0.25) is 0 Å². The molecular formula is C16H27Cl2N3O. The molecule has 1 aliphatic rings. The van der Waals surface area contributed by atoms with Gasteiger partial charge in [-0.2, -0.15) is 0 Å². The summed E-state index contributed by atoms with van der Waals surface area (Å²) in [7, 11) is 4.07. The zero-order valence-electron chi connectivity index (χ0n) is 13.3. The van der Waals surface area contributed by atoms with Crippen LogP contribution in [-0.4, -0.2) is 31.4 Å². The molecule has 4 nitrogen and oxygen atoms in total. The van der Waals surface area contributed by atoms with Gasteiger partial charge in [-0.1, -0.05) is 25.0 Å². The molecule has 0 atom stereocenters. The lowest BCUT2D eigenvalue weighted by Gasteiger charge is -2.25. The van der Waals surface area contributed by atoms with Crippen molar-refractivity contribution in [2.45, 2.75) is 32.2 Å². The van der Waals surface area contributed by atoms with E-state index in [4.69, 9.17) is 5.73 Å². The van der Waals surface area contributed by atoms with Crippen LogP contribution in [0.1, 0.15) is 31.2 Å². The second kappa shape index (κ2) is 9.36. The molecule has 1 amide bonds. The van der Waals surface area contributed by atoms with E-state index in [2.05, 4.69) is 16.3 Å². The fraction of sp³-hybridized carbons (Fsp3) is 0.562. The van der Waals surface area contributed by atoms with E-state index in [1.807, 2.05) is 32.3 Å². The van der Waals surface area contributed by atoms with Gasteiger partial charge in [-0.3, -0.25) is 4.79 Å². The Morgan fingerprint density at radius 3 is 2.45 bits per heavy atom. The molecule has 1 aromatic carbocycles. The van der Waals surface area contributed by atoms with Crippen molar-refractivity contribution in [3.05, 3.63) is 29.8 Å². The first kappa shape index (κ1) is 21.2. The SMILES string of the molecule is CN(C)Cc1cccc(NC(=O)C2(CN)CCCC2)c1.Cl.Cl. The number of anilines is 1. The quantitative estimate of drug-likeness (QED) is 0.860. The monoisotopic (exact) mass is 347 g/mol. The summed E-state index contributed by atoms with van der Waals surface area (Å²) >= 11 is 0. The van der Waals surface area contributed by atoms with Crippen molar-refractivity contribution in [1.29, 1.82) is 0 Å². The highest BCUT2D eigenvalue weighted by Crippen LogP contribution is 2.38. The van der Waals surface area contributed by atoms with Crippen molar-refractivity contribution in [3.8, 4) is 0 Å². The third kappa shape index (κ3) is 5.13. The van der Waals surface area contributed by atoms with Gasteiger partial charge in [0.2, 0.25) is 5.91 Å². The van der Waals surface area contributed by atoms with Crippen molar-refractivity contribution in [3.63, 3.8) is 0 Å². The van der Waals surface area contributed by atoms with Gasteiger partial charge in [0.15, 0.2) is 0 Å². The number of nitrogens with zero attached hydrogens (tertiary/aromatic N) is 1. The molecule has 0 spiro atoms. The summed E-state index contributed by atoms with van der Waals surface area (Å²) in [6.07, 6.45) is 4.02. The van der Waals surface area contributed by atoms with Crippen LogP contribution in [0, 0.1) is 5.41 Å². The number of benzene rings is 1. The van der Waals surface area contributed by atoms with E-state index < -0.39 is 0 Å². The summed E-state index contributed by atoms with van der Waals surface area (Å²) < 4.78 is 0.